The van der Waals surface area contributed by atoms with Gasteiger partial charge in [0.15, 0.2) is 0 Å². The Morgan fingerprint density at radius 2 is 1.48 bits per heavy atom. The summed E-state index contributed by atoms with van der Waals surface area (Å²) in [6.07, 6.45) is 2.63. The predicted octanol–water partition coefficient (Wildman–Crippen LogP) is 6.55. The van der Waals surface area contributed by atoms with Gasteiger partial charge < -0.3 is 9.80 Å². The molecule has 1 atom stereocenters. The summed E-state index contributed by atoms with van der Waals surface area (Å²) < 4.78 is 0. The molecule has 0 spiro atoms. The fourth-order valence-electron chi connectivity index (χ4n) is 4.11. The van der Waals surface area contributed by atoms with Gasteiger partial charge in [0.05, 0.1) is 5.70 Å². The van der Waals surface area contributed by atoms with E-state index < -0.39 is 0 Å². The number of rotatable bonds is 5. The second kappa shape index (κ2) is 7.80. The highest BCUT2D eigenvalue weighted by Gasteiger charge is 2.37. The first kappa shape index (κ1) is 19.5. The van der Waals surface area contributed by atoms with Gasteiger partial charge in [-0.25, -0.2) is 0 Å². The van der Waals surface area contributed by atoms with Crippen LogP contribution in [0.1, 0.15) is 75.9 Å². The number of hydrogen-bond donors (Lipinski definition) is 0. The van der Waals surface area contributed by atoms with E-state index in [0.717, 1.165) is 0 Å². The molecule has 2 aromatic rings. The van der Waals surface area contributed by atoms with Crippen molar-refractivity contribution in [3.63, 3.8) is 0 Å². The van der Waals surface area contributed by atoms with E-state index in [1.165, 1.54) is 28.0 Å². The molecule has 0 fully saturated rings. The lowest BCUT2D eigenvalue weighted by Gasteiger charge is -2.39. The first-order chi connectivity index (χ1) is 12.8. The zero-order valence-corrected chi connectivity index (χ0v) is 17.9. The Kier molecular flexibility index (Phi) is 5.64. The fourth-order valence-corrected chi connectivity index (χ4v) is 4.11. The minimum Gasteiger partial charge on any atom is -0.349 e. The van der Waals surface area contributed by atoms with Crippen molar-refractivity contribution in [1.29, 1.82) is 0 Å². The molecule has 0 saturated carbocycles. The van der Waals surface area contributed by atoms with Crippen LogP contribution >= 0.6 is 0 Å². The quantitative estimate of drug-likeness (QED) is 0.595. The van der Waals surface area contributed by atoms with Gasteiger partial charge in [0, 0.05) is 23.8 Å². The molecule has 2 aromatic carbocycles. The summed E-state index contributed by atoms with van der Waals surface area (Å²) >= 11 is 0. The molecule has 1 aliphatic rings. The van der Waals surface area contributed by atoms with Gasteiger partial charge in [0.25, 0.3) is 0 Å². The summed E-state index contributed by atoms with van der Waals surface area (Å²) in [4.78, 5) is 5.10. The minimum atomic E-state index is 0.238. The minimum absolute atomic E-state index is 0.238. The smallest absolute Gasteiger partial charge is 0.128 e. The van der Waals surface area contributed by atoms with Gasteiger partial charge in [-0.3, -0.25) is 0 Å². The van der Waals surface area contributed by atoms with Gasteiger partial charge in [-0.2, -0.15) is 0 Å². The molecule has 144 valence electrons. The summed E-state index contributed by atoms with van der Waals surface area (Å²) in [6, 6.07) is 18.7. The SMILES string of the molecule is Cc1ccc(C(C)C)c(C2=CN(C(C)C)C(c3ccccc3)N2C(C)C)c1. The van der Waals surface area contributed by atoms with Crippen LogP contribution in [0, 0.1) is 6.92 Å². The molecule has 0 saturated heterocycles. The topological polar surface area (TPSA) is 6.48 Å². The lowest BCUT2D eigenvalue weighted by molar-refractivity contribution is 0.111. The Hall–Kier alpha value is -2.22. The molecular weight excluding hydrogens is 328 g/mol. The molecule has 27 heavy (non-hydrogen) atoms. The normalized spacial score (nSPS) is 17.4. The third-order valence-corrected chi connectivity index (χ3v) is 5.45. The van der Waals surface area contributed by atoms with Gasteiger partial charge >= 0.3 is 0 Å². The van der Waals surface area contributed by atoms with E-state index in [2.05, 4.69) is 113 Å². The van der Waals surface area contributed by atoms with Crippen LogP contribution in [-0.4, -0.2) is 21.9 Å². The van der Waals surface area contributed by atoms with Crippen molar-refractivity contribution in [1.82, 2.24) is 9.80 Å². The highest BCUT2D eigenvalue weighted by Crippen LogP contribution is 2.43. The standard InChI is InChI=1S/C25H34N2/c1-17(2)22-14-13-20(7)15-23(22)24-16-26(18(3)4)25(27(24)19(5)6)21-11-9-8-10-12-21/h8-19,25H,1-7H3. The summed E-state index contributed by atoms with van der Waals surface area (Å²) in [6.45, 7) is 16.0. The second-order valence-electron chi connectivity index (χ2n) is 8.59. The molecular formula is C25H34N2. The maximum Gasteiger partial charge on any atom is 0.128 e. The molecule has 2 nitrogen and oxygen atoms in total. The van der Waals surface area contributed by atoms with Crippen LogP contribution in [0.4, 0.5) is 0 Å². The van der Waals surface area contributed by atoms with Crippen LogP contribution in [0.3, 0.4) is 0 Å². The van der Waals surface area contributed by atoms with E-state index in [1.807, 2.05) is 0 Å². The van der Waals surface area contributed by atoms with Crippen molar-refractivity contribution in [2.24, 2.45) is 0 Å². The third kappa shape index (κ3) is 3.76. The third-order valence-electron chi connectivity index (χ3n) is 5.45. The summed E-state index contributed by atoms with van der Waals surface area (Å²) in [7, 11) is 0. The van der Waals surface area contributed by atoms with Gasteiger partial charge in [-0.15, -0.1) is 0 Å². The van der Waals surface area contributed by atoms with Gasteiger partial charge in [0.2, 0.25) is 0 Å². The number of hydrogen-bond acceptors (Lipinski definition) is 2. The van der Waals surface area contributed by atoms with Crippen molar-refractivity contribution in [3.05, 3.63) is 77.0 Å². The zero-order chi connectivity index (χ0) is 19.7. The van der Waals surface area contributed by atoms with E-state index in [-0.39, 0.29) is 6.17 Å². The number of benzene rings is 2. The molecule has 1 unspecified atom stereocenters. The lowest BCUT2D eigenvalue weighted by Crippen LogP contribution is -2.38. The van der Waals surface area contributed by atoms with E-state index >= 15 is 0 Å². The van der Waals surface area contributed by atoms with Crippen molar-refractivity contribution in [3.8, 4) is 0 Å². The molecule has 0 amide bonds. The summed E-state index contributed by atoms with van der Waals surface area (Å²) in [5.41, 5.74) is 6.82. The van der Waals surface area contributed by atoms with Crippen molar-refractivity contribution >= 4 is 5.70 Å². The molecule has 2 heteroatoms. The first-order valence-electron chi connectivity index (χ1n) is 10.2. The summed E-state index contributed by atoms with van der Waals surface area (Å²) in [5.74, 6) is 0.499. The van der Waals surface area contributed by atoms with Crippen LogP contribution < -0.4 is 0 Å². The fraction of sp³-hybridized carbons (Fsp3) is 0.440. The van der Waals surface area contributed by atoms with Crippen molar-refractivity contribution in [2.45, 2.75) is 72.6 Å². The number of nitrogens with zero attached hydrogens (tertiary/aromatic N) is 2. The van der Waals surface area contributed by atoms with Crippen LogP contribution in [0.15, 0.2) is 54.7 Å². The molecule has 0 aliphatic carbocycles. The Morgan fingerprint density at radius 1 is 0.815 bits per heavy atom. The molecule has 0 N–H and O–H groups in total. The van der Waals surface area contributed by atoms with E-state index in [1.54, 1.807) is 0 Å². The summed E-state index contributed by atoms with van der Waals surface area (Å²) in [5, 5.41) is 0. The van der Waals surface area contributed by atoms with E-state index in [0.29, 0.717) is 18.0 Å². The van der Waals surface area contributed by atoms with Crippen LogP contribution in [0.25, 0.3) is 5.70 Å². The van der Waals surface area contributed by atoms with Gasteiger partial charge in [0.1, 0.15) is 6.17 Å². The predicted molar refractivity (Wildman–Crippen MR) is 116 cm³/mol. The van der Waals surface area contributed by atoms with Gasteiger partial charge in [-0.1, -0.05) is 61.9 Å². The average molecular weight is 363 g/mol. The van der Waals surface area contributed by atoms with Crippen molar-refractivity contribution < 1.29 is 0 Å². The molecule has 0 radical (unpaired) electrons. The number of aryl methyl sites for hydroxylation is 1. The van der Waals surface area contributed by atoms with E-state index in [4.69, 9.17) is 0 Å². The highest BCUT2D eigenvalue weighted by molar-refractivity contribution is 5.70. The Labute approximate surface area is 165 Å². The Balaban J connectivity index is 2.18. The van der Waals surface area contributed by atoms with Crippen LogP contribution in [-0.2, 0) is 0 Å². The zero-order valence-electron chi connectivity index (χ0n) is 17.9. The highest BCUT2D eigenvalue weighted by atomic mass is 15.4. The van der Waals surface area contributed by atoms with Crippen molar-refractivity contribution in [2.75, 3.05) is 0 Å². The monoisotopic (exact) mass is 362 g/mol. The molecule has 3 rings (SSSR count). The Morgan fingerprint density at radius 3 is 2.04 bits per heavy atom. The second-order valence-corrected chi connectivity index (χ2v) is 8.59. The van der Waals surface area contributed by atoms with Gasteiger partial charge in [-0.05, 0) is 57.7 Å². The largest absolute Gasteiger partial charge is 0.349 e. The first-order valence-corrected chi connectivity index (χ1v) is 10.2. The van der Waals surface area contributed by atoms with E-state index in [9.17, 15) is 0 Å². The average Bonchev–Trinajstić information content (AvgIpc) is 3.03. The molecule has 1 aliphatic heterocycles. The molecule has 0 bridgehead atoms. The molecule has 1 heterocycles. The van der Waals surface area contributed by atoms with Crippen LogP contribution in [0.5, 0.6) is 0 Å². The maximum atomic E-state index is 2.59. The Bertz CT molecular complexity index is 802. The molecule has 0 aromatic heterocycles. The van der Waals surface area contributed by atoms with Crippen LogP contribution in [0.2, 0.25) is 0 Å². The lowest BCUT2D eigenvalue weighted by atomic mass is 9.93. The maximum absolute atomic E-state index is 2.59.